The number of unbranched alkanes of at least 4 members (excludes halogenated alkanes) is 1. The zero-order valence-electron chi connectivity index (χ0n) is 9.75. The van der Waals surface area contributed by atoms with Crippen LogP contribution in [-0.2, 0) is 0 Å². The first-order valence-corrected chi connectivity index (χ1v) is 6.83. The van der Waals surface area contributed by atoms with E-state index >= 15 is 0 Å². The molecule has 2 rings (SSSR count). The van der Waals surface area contributed by atoms with Gasteiger partial charge in [0, 0.05) is 17.1 Å². The Bertz CT molecular complexity index is 361. The van der Waals surface area contributed by atoms with Gasteiger partial charge in [-0.1, -0.05) is 29.3 Å². The molecule has 1 aliphatic carbocycles. The molecule has 1 aliphatic rings. The van der Waals surface area contributed by atoms with Crippen molar-refractivity contribution < 1.29 is 0 Å². The van der Waals surface area contributed by atoms with Crippen LogP contribution in [0.15, 0.2) is 22.7 Å². The Kier molecular flexibility index (Phi) is 3.74. The molecular formula is C13H19BrN2. The molecule has 0 saturated heterocycles. The van der Waals surface area contributed by atoms with Crippen molar-refractivity contribution in [3.63, 3.8) is 0 Å². The van der Waals surface area contributed by atoms with Gasteiger partial charge in [0.05, 0.1) is 11.4 Å². The summed E-state index contributed by atoms with van der Waals surface area (Å²) >= 11 is 3.52. The van der Waals surface area contributed by atoms with Crippen LogP contribution in [0.25, 0.3) is 0 Å². The summed E-state index contributed by atoms with van der Waals surface area (Å²) in [6.07, 6.45) is 5.10. The summed E-state index contributed by atoms with van der Waals surface area (Å²) < 4.78 is 1.11. The van der Waals surface area contributed by atoms with Crippen LogP contribution in [0.4, 0.5) is 11.4 Å². The molecule has 3 heteroatoms. The Morgan fingerprint density at radius 2 is 2.19 bits per heavy atom. The first-order valence-electron chi connectivity index (χ1n) is 6.04. The summed E-state index contributed by atoms with van der Waals surface area (Å²) in [5, 5.41) is 0. The summed E-state index contributed by atoms with van der Waals surface area (Å²) in [4.78, 5) is 2.48. The van der Waals surface area contributed by atoms with Crippen LogP contribution in [0.2, 0.25) is 0 Å². The minimum Gasteiger partial charge on any atom is -0.397 e. The van der Waals surface area contributed by atoms with Crippen LogP contribution < -0.4 is 10.6 Å². The van der Waals surface area contributed by atoms with E-state index in [0.29, 0.717) is 0 Å². The van der Waals surface area contributed by atoms with Crippen LogP contribution in [0, 0.1) is 0 Å². The number of anilines is 2. The number of hydrogen-bond donors (Lipinski definition) is 1. The van der Waals surface area contributed by atoms with Crippen LogP contribution in [-0.4, -0.2) is 12.6 Å². The van der Waals surface area contributed by atoms with Crippen molar-refractivity contribution in [2.75, 3.05) is 17.2 Å². The topological polar surface area (TPSA) is 29.3 Å². The van der Waals surface area contributed by atoms with E-state index in [4.69, 9.17) is 5.73 Å². The summed E-state index contributed by atoms with van der Waals surface area (Å²) in [5.74, 6) is 0. The molecule has 0 radical (unpaired) electrons. The summed E-state index contributed by atoms with van der Waals surface area (Å²) in [6, 6.07) is 6.86. The van der Waals surface area contributed by atoms with Crippen LogP contribution in [0.3, 0.4) is 0 Å². The molecule has 88 valence electrons. The molecule has 0 heterocycles. The highest BCUT2D eigenvalue weighted by atomic mass is 79.9. The molecule has 1 saturated carbocycles. The molecule has 1 fully saturated rings. The largest absolute Gasteiger partial charge is 0.397 e. The second kappa shape index (κ2) is 5.09. The van der Waals surface area contributed by atoms with Crippen LogP contribution in [0.1, 0.15) is 32.6 Å². The van der Waals surface area contributed by atoms with Crippen molar-refractivity contribution in [1.29, 1.82) is 0 Å². The van der Waals surface area contributed by atoms with Crippen molar-refractivity contribution in [2.24, 2.45) is 0 Å². The molecule has 2 N–H and O–H groups in total. The van der Waals surface area contributed by atoms with Gasteiger partial charge in [0.2, 0.25) is 0 Å². The molecule has 0 spiro atoms. The summed E-state index contributed by atoms with van der Waals surface area (Å²) in [7, 11) is 0. The molecule has 0 bridgehead atoms. The third-order valence-corrected chi connectivity index (χ3v) is 3.54. The number of nitrogen functional groups attached to an aromatic ring is 1. The molecule has 1 aromatic carbocycles. The maximum atomic E-state index is 6.07. The van der Waals surface area contributed by atoms with E-state index in [1.54, 1.807) is 0 Å². The number of hydrogen-bond acceptors (Lipinski definition) is 2. The number of benzene rings is 1. The summed E-state index contributed by atoms with van der Waals surface area (Å²) in [5.41, 5.74) is 8.16. The Labute approximate surface area is 106 Å². The smallest absolute Gasteiger partial charge is 0.0613 e. The fourth-order valence-electron chi connectivity index (χ4n) is 1.98. The Morgan fingerprint density at radius 3 is 2.81 bits per heavy atom. The van der Waals surface area contributed by atoms with Crippen LogP contribution in [0.5, 0.6) is 0 Å². The predicted molar refractivity (Wildman–Crippen MR) is 73.8 cm³/mol. The van der Waals surface area contributed by atoms with Gasteiger partial charge in [-0.3, -0.25) is 0 Å². The first kappa shape index (κ1) is 11.8. The third kappa shape index (κ3) is 2.70. The molecule has 0 aliphatic heterocycles. The SMILES string of the molecule is CCCCN(c1cc(Br)ccc1N)C1CC1. The maximum absolute atomic E-state index is 6.07. The Hall–Kier alpha value is -0.700. The molecule has 0 aromatic heterocycles. The fraction of sp³-hybridized carbons (Fsp3) is 0.538. The normalized spacial score (nSPS) is 15.1. The molecule has 2 nitrogen and oxygen atoms in total. The number of nitrogens with zero attached hydrogens (tertiary/aromatic N) is 1. The second-order valence-corrected chi connectivity index (χ2v) is 5.40. The van der Waals surface area contributed by atoms with Gasteiger partial charge in [0.1, 0.15) is 0 Å². The first-order chi connectivity index (χ1) is 7.72. The summed E-state index contributed by atoms with van der Waals surface area (Å²) in [6.45, 7) is 3.36. The van der Waals surface area contributed by atoms with Crippen LogP contribution >= 0.6 is 15.9 Å². The van der Waals surface area contributed by atoms with E-state index in [9.17, 15) is 0 Å². The zero-order valence-corrected chi connectivity index (χ0v) is 11.3. The highest BCUT2D eigenvalue weighted by Gasteiger charge is 2.29. The molecule has 1 aromatic rings. The van der Waals surface area contributed by atoms with E-state index in [1.165, 1.54) is 31.4 Å². The lowest BCUT2D eigenvalue weighted by atomic mass is 10.2. The van der Waals surface area contributed by atoms with Crippen molar-refractivity contribution in [3.05, 3.63) is 22.7 Å². The maximum Gasteiger partial charge on any atom is 0.0613 e. The molecule has 0 atom stereocenters. The predicted octanol–water partition coefficient (Wildman–Crippen LogP) is 3.80. The van der Waals surface area contributed by atoms with E-state index in [0.717, 1.165) is 22.7 Å². The second-order valence-electron chi connectivity index (χ2n) is 4.48. The van der Waals surface area contributed by atoms with Gasteiger partial charge in [-0.25, -0.2) is 0 Å². The lowest BCUT2D eigenvalue weighted by Gasteiger charge is -2.26. The van der Waals surface area contributed by atoms with E-state index in [2.05, 4.69) is 33.8 Å². The van der Waals surface area contributed by atoms with Gasteiger partial charge in [-0.2, -0.15) is 0 Å². The van der Waals surface area contributed by atoms with Crippen molar-refractivity contribution >= 4 is 27.3 Å². The third-order valence-electron chi connectivity index (χ3n) is 3.04. The van der Waals surface area contributed by atoms with E-state index in [-0.39, 0.29) is 0 Å². The van der Waals surface area contributed by atoms with Crippen molar-refractivity contribution in [2.45, 2.75) is 38.6 Å². The Balaban J connectivity index is 2.19. The van der Waals surface area contributed by atoms with Crippen molar-refractivity contribution in [3.8, 4) is 0 Å². The number of halogens is 1. The highest BCUT2D eigenvalue weighted by Crippen LogP contribution is 2.36. The molecule has 0 amide bonds. The van der Waals surface area contributed by atoms with Gasteiger partial charge in [-0.05, 0) is 37.5 Å². The lowest BCUT2D eigenvalue weighted by molar-refractivity contribution is 0.713. The average molecular weight is 283 g/mol. The Morgan fingerprint density at radius 1 is 1.44 bits per heavy atom. The minimum absolute atomic E-state index is 0.725. The molecule has 16 heavy (non-hydrogen) atoms. The van der Waals surface area contributed by atoms with Gasteiger partial charge < -0.3 is 10.6 Å². The molecular weight excluding hydrogens is 264 g/mol. The van der Waals surface area contributed by atoms with Gasteiger partial charge in [0.15, 0.2) is 0 Å². The highest BCUT2D eigenvalue weighted by molar-refractivity contribution is 9.10. The number of rotatable bonds is 5. The minimum atomic E-state index is 0.725. The zero-order chi connectivity index (χ0) is 11.5. The van der Waals surface area contributed by atoms with Crippen molar-refractivity contribution in [1.82, 2.24) is 0 Å². The fourth-order valence-corrected chi connectivity index (χ4v) is 2.33. The number of nitrogens with two attached hydrogens (primary N) is 1. The quantitative estimate of drug-likeness (QED) is 0.833. The van der Waals surface area contributed by atoms with Gasteiger partial charge in [0.25, 0.3) is 0 Å². The van der Waals surface area contributed by atoms with Gasteiger partial charge in [-0.15, -0.1) is 0 Å². The van der Waals surface area contributed by atoms with Gasteiger partial charge >= 0.3 is 0 Å². The average Bonchev–Trinajstić information content (AvgIpc) is 3.08. The lowest BCUT2D eigenvalue weighted by Crippen LogP contribution is -2.27. The van der Waals surface area contributed by atoms with E-state index in [1.807, 2.05) is 12.1 Å². The standard InChI is InChI=1S/C13H19BrN2/c1-2-3-8-16(11-5-6-11)13-9-10(14)4-7-12(13)15/h4,7,9,11H,2-3,5-6,8,15H2,1H3. The molecule has 0 unspecified atom stereocenters. The van der Waals surface area contributed by atoms with E-state index < -0.39 is 0 Å². The monoisotopic (exact) mass is 282 g/mol.